The summed E-state index contributed by atoms with van der Waals surface area (Å²) in [5.41, 5.74) is 0. The molecule has 2 atom stereocenters. The van der Waals surface area contributed by atoms with Crippen LogP contribution in [0.5, 0.6) is 0 Å². The van der Waals surface area contributed by atoms with Gasteiger partial charge in [0.1, 0.15) is 11.8 Å². The van der Waals surface area contributed by atoms with Crippen molar-refractivity contribution in [1.29, 1.82) is 0 Å². The van der Waals surface area contributed by atoms with Crippen LogP contribution in [-0.2, 0) is 0 Å². The average Bonchev–Trinajstić information content (AvgIpc) is 3.06. The summed E-state index contributed by atoms with van der Waals surface area (Å²) >= 11 is 7.56. The highest BCUT2D eigenvalue weighted by atomic mass is 35.5. The molecule has 3 nitrogen and oxygen atoms in total. The lowest BCUT2D eigenvalue weighted by molar-refractivity contribution is 0.256. The van der Waals surface area contributed by atoms with Crippen molar-refractivity contribution < 1.29 is 9.52 Å². The van der Waals surface area contributed by atoms with Crippen LogP contribution < -0.4 is 5.32 Å². The maximum atomic E-state index is 9.10. The van der Waals surface area contributed by atoms with Crippen molar-refractivity contribution in [3.63, 3.8) is 0 Å². The average molecular weight is 300 g/mol. The maximum absolute atomic E-state index is 9.10. The van der Waals surface area contributed by atoms with Crippen molar-refractivity contribution in [3.8, 4) is 0 Å². The molecular formula is C14H18ClNO2S. The lowest BCUT2D eigenvalue weighted by Gasteiger charge is -2.22. The van der Waals surface area contributed by atoms with E-state index in [2.05, 4.69) is 12.2 Å². The molecule has 2 unspecified atom stereocenters. The van der Waals surface area contributed by atoms with E-state index in [-0.39, 0.29) is 18.7 Å². The van der Waals surface area contributed by atoms with Crippen molar-refractivity contribution in [2.24, 2.45) is 0 Å². The number of rotatable bonds is 7. The Morgan fingerprint density at radius 1 is 1.42 bits per heavy atom. The van der Waals surface area contributed by atoms with Crippen LogP contribution in [0, 0.1) is 0 Å². The number of hydrogen-bond acceptors (Lipinski definition) is 4. The second-order valence-electron chi connectivity index (χ2n) is 4.37. The summed E-state index contributed by atoms with van der Waals surface area (Å²) in [6, 6.07) is 7.98. The number of thiophene rings is 1. The van der Waals surface area contributed by atoms with Gasteiger partial charge in [-0.15, -0.1) is 11.3 Å². The first-order valence-corrected chi connectivity index (χ1v) is 7.59. The topological polar surface area (TPSA) is 45.4 Å². The highest BCUT2D eigenvalue weighted by Gasteiger charge is 2.21. The maximum Gasteiger partial charge on any atom is 0.126 e. The number of furan rings is 1. The van der Waals surface area contributed by atoms with Crippen LogP contribution in [0.4, 0.5) is 0 Å². The Balaban J connectivity index is 2.20. The van der Waals surface area contributed by atoms with Gasteiger partial charge in [0, 0.05) is 17.5 Å². The second-order valence-corrected chi connectivity index (χ2v) is 6.12. The van der Waals surface area contributed by atoms with Crippen LogP contribution in [-0.4, -0.2) is 17.8 Å². The molecule has 2 rings (SSSR count). The van der Waals surface area contributed by atoms with Crippen LogP contribution in [0.2, 0.25) is 4.34 Å². The molecule has 0 bridgehead atoms. The third kappa shape index (κ3) is 3.83. The van der Waals surface area contributed by atoms with E-state index in [0.29, 0.717) is 0 Å². The SMILES string of the molecule is CCC(CCO)NC(c1ccco1)c1ccc(Cl)s1. The molecule has 0 aromatic carbocycles. The number of aliphatic hydroxyl groups excluding tert-OH is 1. The molecule has 2 aromatic rings. The molecule has 0 fully saturated rings. The zero-order valence-corrected chi connectivity index (χ0v) is 12.4. The van der Waals surface area contributed by atoms with Crippen molar-refractivity contribution in [2.75, 3.05) is 6.61 Å². The molecule has 0 aliphatic carbocycles. The van der Waals surface area contributed by atoms with E-state index in [1.807, 2.05) is 24.3 Å². The Bertz CT molecular complexity index is 483. The Morgan fingerprint density at radius 3 is 2.79 bits per heavy atom. The Hall–Kier alpha value is -0.810. The molecule has 0 radical (unpaired) electrons. The van der Waals surface area contributed by atoms with Crippen LogP contribution in [0.15, 0.2) is 34.9 Å². The minimum Gasteiger partial charge on any atom is -0.467 e. The first-order chi connectivity index (χ1) is 9.24. The van der Waals surface area contributed by atoms with Crippen LogP contribution in [0.1, 0.15) is 36.4 Å². The fourth-order valence-corrected chi connectivity index (χ4v) is 3.17. The normalized spacial score (nSPS) is 14.5. The molecule has 0 aliphatic rings. The predicted molar refractivity (Wildman–Crippen MR) is 78.8 cm³/mol. The largest absolute Gasteiger partial charge is 0.467 e. The smallest absolute Gasteiger partial charge is 0.126 e. The van der Waals surface area contributed by atoms with Gasteiger partial charge in [0.05, 0.1) is 10.6 Å². The van der Waals surface area contributed by atoms with Gasteiger partial charge in [0.25, 0.3) is 0 Å². The Labute approximate surface area is 122 Å². The van der Waals surface area contributed by atoms with Crippen molar-refractivity contribution in [3.05, 3.63) is 45.5 Å². The van der Waals surface area contributed by atoms with E-state index in [1.54, 1.807) is 17.6 Å². The molecule has 0 aliphatic heterocycles. The lowest BCUT2D eigenvalue weighted by Crippen LogP contribution is -2.33. The number of aliphatic hydroxyl groups is 1. The predicted octanol–water partition coefficient (Wildman–Crippen LogP) is 3.83. The van der Waals surface area contributed by atoms with E-state index in [0.717, 1.165) is 27.8 Å². The third-order valence-electron chi connectivity index (χ3n) is 3.08. The summed E-state index contributed by atoms with van der Waals surface area (Å²) in [7, 11) is 0. The lowest BCUT2D eigenvalue weighted by atomic mass is 10.1. The summed E-state index contributed by atoms with van der Waals surface area (Å²) in [6.07, 6.45) is 3.36. The summed E-state index contributed by atoms with van der Waals surface area (Å²) in [6.45, 7) is 2.29. The Kier molecular flexibility index (Phi) is 5.45. The minimum absolute atomic E-state index is 0.0102. The van der Waals surface area contributed by atoms with E-state index >= 15 is 0 Å². The molecule has 0 amide bonds. The summed E-state index contributed by atoms with van der Waals surface area (Å²) in [5.74, 6) is 0.870. The molecule has 104 valence electrons. The number of hydrogen-bond donors (Lipinski definition) is 2. The third-order valence-corrected chi connectivity index (χ3v) is 4.37. The van der Waals surface area contributed by atoms with E-state index < -0.39 is 0 Å². The number of halogens is 1. The highest BCUT2D eigenvalue weighted by Crippen LogP contribution is 2.32. The fraction of sp³-hybridized carbons (Fsp3) is 0.429. The van der Waals surface area contributed by atoms with E-state index in [4.69, 9.17) is 21.1 Å². The van der Waals surface area contributed by atoms with Gasteiger partial charge >= 0.3 is 0 Å². The molecule has 0 spiro atoms. The molecular weight excluding hydrogens is 282 g/mol. The zero-order chi connectivity index (χ0) is 13.7. The van der Waals surface area contributed by atoms with Crippen molar-refractivity contribution in [2.45, 2.75) is 31.8 Å². The molecule has 2 aromatic heterocycles. The van der Waals surface area contributed by atoms with Gasteiger partial charge in [-0.2, -0.15) is 0 Å². The zero-order valence-electron chi connectivity index (χ0n) is 10.8. The molecule has 19 heavy (non-hydrogen) atoms. The molecule has 2 N–H and O–H groups in total. The van der Waals surface area contributed by atoms with Crippen LogP contribution in [0.25, 0.3) is 0 Å². The van der Waals surface area contributed by atoms with Gasteiger partial charge in [-0.25, -0.2) is 0 Å². The van der Waals surface area contributed by atoms with Gasteiger partial charge in [0.15, 0.2) is 0 Å². The van der Waals surface area contributed by atoms with Crippen LogP contribution >= 0.6 is 22.9 Å². The van der Waals surface area contributed by atoms with E-state index in [9.17, 15) is 0 Å². The number of nitrogens with one attached hydrogen (secondary N) is 1. The molecule has 0 saturated carbocycles. The molecule has 0 saturated heterocycles. The standard InChI is InChI=1S/C14H18ClNO2S/c1-2-10(7-8-17)16-14(11-4-3-9-18-11)12-5-6-13(15)19-12/h3-6,9-10,14,16-17H,2,7-8H2,1H3. The minimum atomic E-state index is -0.0102. The second kappa shape index (κ2) is 7.10. The molecule has 5 heteroatoms. The quantitative estimate of drug-likeness (QED) is 0.816. The van der Waals surface area contributed by atoms with Gasteiger partial charge < -0.3 is 14.8 Å². The van der Waals surface area contributed by atoms with Gasteiger partial charge in [-0.1, -0.05) is 18.5 Å². The first-order valence-electron chi connectivity index (χ1n) is 6.40. The Morgan fingerprint density at radius 2 is 2.26 bits per heavy atom. The summed E-state index contributed by atoms with van der Waals surface area (Å²) < 4.78 is 6.29. The van der Waals surface area contributed by atoms with E-state index in [1.165, 1.54) is 0 Å². The highest BCUT2D eigenvalue weighted by molar-refractivity contribution is 7.16. The van der Waals surface area contributed by atoms with Gasteiger partial charge in [0.2, 0.25) is 0 Å². The summed E-state index contributed by atoms with van der Waals surface area (Å²) in [5, 5.41) is 12.6. The summed E-state index contributed by atoms with van der Waals surface area (Å²) in [4.78, 5) is 1.12. The van der Waals surface area contributed by atoms with Gasteiger partial charge in [-0.3, -0.25) is 0 Å². The first kappa shape index (κ1) is 14.6. The molecule has 2 heterocycles. The monoisotopic (exact) mass is 299 g/mol. The van der Waals surface area contributed by atoms with Crippen molar-refractivity contribution in [1.82, 2.24) is 5.32 Å². The van der Waals surface area contributed by atoms with Gasteiger partial charge in [-0.05, 0) is 37.1 Å². The van der Waals surface area contributed by atoms with Crippen LogP contribution in [0.3, 0.4) is 0 Å². The fourth-order valence-electron chi connectivity index (χ4n) is 2.04. The van der Waals surface area contributed by atoms with Crippen molar-refractivity contribution >= 4 is 22.9 Å².